The molecular weight excluding hydrogens is 272 g/mol. The highest BCUT2D eigenvalue weighted by Crippen LogP contribution is 2.35. The zero-order chi connectivity index (χ0) is 15.2. The lowest BCUT2D eigenvalue weighted by Gasteiger charge is -2.26. The molecule has 0 N–H and O–H groups in total. The van der Waals surface area contributed by atoms with Crippen LogP contribution in [0.3, 0.4) is 0 Å². The maximum atomic E-state index is 12.2. The van der Waals surface area contributed by atoms with E-state index < -0.39 is 0 Å². The van der Waals surface area contributed by atoms with Gasteiger partial charge in [0.2, 0.25) is 0 Å². The molecule has 1 aliphatic heterocycles. The number of ether oxygens (including phenoxy) is 3. The first-order chi connectivity index (χ1) is 10.2. The highest BCUT2D eigenvalue weighted by Gasteiger charge is 2.29. The van der Waals surface area contributed by atoms with E-state index in [1.54, 1.807) is 25.1 Å². The zero-order valence-electron chi connectivity index (χ0n) is 12.4. The number of fused-ring (bicyclic) bond motifs is 1. The van der Waals surface area contributed by atoms with Crippen LogP contribution in [-0.2, 0) is 9.53 Å². The Morgan fingerprint density at radius 2 is 2.24 bits per heavy atom. The van der Waals surface area contributed by atoms with Crippen molar-refractivity contribution in [3.05, 3.63) is 23.8 Å². The number of hydrogen-bond donors (Lipinski definition) is 0. The van der Waals surface area contributed by atoms with Crippen molar-refractivity contribution in [1.82, 2.24) is 0 Å². The topological polar surface area (TPSA) is 61.8 Å². The summed E-state index contributed by atoms with van der Waals surface area (Å²) in [6, 6.07) is 5.32. The van der Waals surface area contributed by atoms with Crippen LogP contribution in [0.15, 0.2) is 18.2 Å². The van der Waals surface area contributed by atoms with E-state index in [1.165, 1.54) is 7.11 Å². The number of ketones is 1. The van der Waals surface area contributed by atoms with Crippen molar-refractivity contribution in [3.8, 4) is 11.5 Å². The Labute approximate surface area is 124 Å². The Morgan fingerprint density at radius 3 is 2.95 bits per heavy atom. The molecule has 2 rings (SSSR count). The van der Waals surface area contributed by atoms with Crippen LogP contribution in [-0.4, -0.2) is 31.6 Å². The van der Waals surface area contributed by atoms with Gasteiger partial charge in [-0.1, -0.05) is 6.07 Å². The number of Topliss-reactive ketones (excluding diaryl/α,β-unsaturated/α-hetero) is 1. The van der Waals surface area contributed by atoms with E-state index >= 15 is 0 Å². The molecule has 5 heteroatoms. The Morgan fingerprint density at radius 1 is 1.43 bits per heavy atom. The monoisotopic (exact) mass is 292 g/mol. The molecule has 0 amide bonds. The van der Waals surface area contributed by atoms with E-state index in [2.05, 4.69) is 0 Å². The van der Waals surface area contributed by atoms with Gasteiger partial charge in [-0.05, 0) is 31.9 Å². The summed E-state index contributed by atoms with van der Waals surface area (Å²) < 4.78 is 15.9. The van der Waals surface area contributed by atoms with Crippen molar-refractivity contribution in [2.45, 2.75) is 38.7 Å². The molecule has 0 radical (unpaired) electrons. The summed E-state index contributed by atoms with van der Waals surface area (Å²) in [5.41, 5.74) is 0.515. The number of esters is 1. The number of methoxy groups -OCH3 is 1. The first kappa shape index (κ1) is 15.4. The van der Waals surface area contributed by atoms with Crippen molar-refractivity contribution >= 4 is 11.8 Å². The van der Waals surface area contributed by atoms with Gasteiger partial charge in [0.25, 0.3) is 0 Å². The molecule has 0 fully saturated rings. The molecule has 0 saturated carbocycles. The first-order valence-corrected chi connectivity index (χ1v) is 7.18. The summed E-state index contributed by atoms with van der Waals surface area (Å²) in [6.45, 7) is 2.18. The second-order valence-corrected chi connectivity index (χ2v) is 4.90. The summed E-state index contributed by atoms with van der Waals surface area (Å²) in [6.07, 6.45) is 1.78. The van der Waals surface area contributed by atoms with Crippen molar-refractivity contribution in [2.24, 2.45) is 0 Å². The third-order valence-electron chi connectivity index (χ3n) is 3.41. The van der Waals surface area contributed by atoms with Gasteiger partial charge < -0.3 is 14.2 Å². The van der Waals surface area contributed by atoms with E-state index in [9.17, 15) is 9.59 Å². The minimum Gasteiger partial charge on any atom is -0.496 e. The van der Waals surface area contributed by atoms with E-state index in [4.69, 9.17) is 14.2 Å². The largest absolute Gasteiger partial charge is 0.496 e. The Hall–Kier alpha value is -2.04. The van der Waals surface area contributed by atoms with Gasteiger partial charge in [0.15, 0.2) is 5.78 Å². The molecule has 114 valence electrons. The third-order valence-corrected chi connectivity index (χ3v) is 3.41. The molecule has 0 aromatic heterocycles. The average Bonchev–Trinajstić information content (AvgIpc) is 2.46. The zero-order valence-corrected chi connectivity index (χ0v) is 12.4. The van der Waals surface area contributed by atoms with Crippen molar-refractivity contribution in [3.63, 3.8) is 0 Å². The molecule has 0 bridgehead atoms. The van der Waals surface area contributed by atoms with Crippen LogP contribution in [0.1, 0.15) is 43.0 Å². The van der Waals surface area contributed by atoms with Crippen molar-refractivity contribution in [1.29, 1.82) is 0 Å². The van der Waals surface area contributed by atoms with Gasteiger partial charge in [-0.2, -0.15) is 0 Å². The lowest BCUT2D eigenvalue weighted by atomic mass is 9.97. The number of hydrogen-bond acceptors (Lipinski definition) is 5. The smallest absolute Gasteiger partial charge is 0.305 e. The number of carbonyl (C=O) groups excluding carboxylic acids is 2. The fourth-order valence-corrected chi connectivity index (χ4v) is 2.45. The molecule has 0 aliphatic carbocycles. The summed E-state index contributed by atoms with van der Waals surface area (Å²) in [4.78, 5) is 23.5. The van der Waals surface area contributed by atoms with Gasteiger partial charge in [-0.15, -0.1) is 0 Å². The van der Waals surface area contributed by atoms with Gasteiger partial charge >= 0.3 is 5.97 Å². The highest BCUT2D eigenvalue weighted by molar-refractivity contribution is 6.02. The molecule has 1 heterocycles. The van der Waals surface area contributed by atoms with Crippen LogP contribution in [0.5, 0.6) is 11.5 Å². The van der Waals surface area contributed by atoms with E-state index in [1.807, 2.05) is 0 Å². The summed E-state index contributed by atoms with van der Waals surface area (Å²) in [7, 11) is 1.54. The molecule has 1 aliphatic rings. The van der Waals surface area contributed by atoms with Crippen molar-refractivity contribution in [2.75, 3.05) is 13.7 Å². The van der Waals surface area contributed by atoms with Crippen LogP contribution in [0, 0.1) is 0 Å². The quantitative estimate of drug-likeness (QED) is 0.754. The normalized spacial score (nSPS) is 16.9. The van der Waals surface area contributed by atoms with Gasteiger partial charge in [0.05, 0.1) is 13.7 Å². The Balaban J connectivity index is 1.94. The molecule has 1 aromatic carbocycles. The second kappa shape index (κ2) is 7.11. The maximum absolute atomic E-state index is 12.2. The molecule has 0 saturated heterocycles. The molecule has 1 atom stereocenters. The Bertz CT molecular complexity index is 523. The van der Waals surface area contributed by atoms with E-state index in [-0.39, 0.29) is 17.9 Å². The van der Waals surface area contributed by atoms with Crippen LogP contribution >= 0.6 is 0 Å². The molecule has 5 nitrogen and oxygen atoms in total. The minimum atomic E-state index is -0.207. The van der Waals surface area contributed by atoms with Gasteiger partial charge in [0.1, 0.15) is 23.2 Å². The lowest BCUT2D eigenvalue weighted by molar-refractivity contribution is -0.143. The van der Waals surface area contributed by atoms with Crippen LogP contribution in [0.2, 0.25) is 0 Å². The summed E-state index contributed by atoms with van der Waals surface area (Å²) >= 11 is 0. The fourth-order valence-electron chi connectivity index (χ4n) is 2.45. The van der Waals surface area contributed by atoms with Crippen LogP contribution < -0.4 is 9.47 Å². The van der Waals surface area contributed by atoms with Gasteiger partial charge in [-0.3, -0.25) is 9.59 Å². The fraction of sp³-hybridized carbons (Fsp3) is 0.500. The number of rotatable bonds is 6. The Kier molecular flexibility index (Phi) is 5.20. The number of carbonyl (C=O) groups is 2. The van der Waals surface area contributed by atoms with Crippen molar-refractivity contribution < 1.29 is 23.8 Å². The lowest BCUT2D eigenvalue weighted by Crippen LogP contribution is -2.27. The standard InChI is InChI=1S/C16H20O5/c1-3-20-15(18)9-4-6-11-10-12(17)16-13(19-2)7-5-8-14(16)21-11/h5,7-8,11H,3-4,6,9-10H2,1-2H3/t11-/m0/s1. The number of benzene rings is 1. The first-order valence-electron chi connectivity index (χ1n) is 7.18. The van der Waals surface area contributed by atoms with Crippen LogP contribution in [0.4, 0.5) is 0 Å². The predicted octanol–water partition coefficient (Wildman–Crippen LogP) is 2.76. The second-order valence-electron chi connectivity index (χ2n) is 4.90. The summed E-state index contributed by atoms with van der Waals surface area (Å²) in [5.74, 6) is 0.922. The molecule has 0 spiro atoms. The SMILES string of the molecule is CCOC(=O)CCC[C@H]1CC(=O)c2c(OC)cccc2O1. The molecule has 0 unspecified atom stereocenters. The van der Waals surface area contributed by atoms with E-state index in [0.29, 0.717) is 49.4 Å². The third kappa shape index (κ3) is 3.74. The summed E-state index contributed by atoms with van der Waals surface area (Å²) in [5, 5.41) is 0. The van der Waals surface area contributed by atoms with Gasteiger partial charge in [-0.25, -0.2) is 0 Å². The molecular formula is C16H20O5. The predicted molar refractivity (Wildman–Crippen MR) is 76.8 cm³/mol. The van der Waals surface area contributed by atoms with Crippen LogP contribution in [0.25, 0.3) is 0 Å². The molecule has 21 heavy (non-hydrogen) atoms. The minimum absolute atomic E-state index is 0.0230. The average molecular weight is 292 g/mol. The highest BCUT2D eigenvalue weighted by atomic mass is 16.5. The maximum Gasteiger partial charge on any atom is 0.305 e. The van der Waals surface area contributed by atoms with Gasteiger partial charge in [0, 0.05) is 12.8 Å². The van der Waals surface area contributed by atoms with E-state index in [0.717, 1.165) is 0 Å². The molecule has 1 aromatic rings.